The van der Waals surface area contributed by atoms with E-state index in [-0.39, 0.29) is 11.8 Å². The Morgan fingerprint density at radius 3 is 2.28 bits per heavy atom. The molecule has 0 aromatic heterocycles. The molecule has 2 heterocycles. The molecule has 0 unspecified atom stereocenters. The van der Waals surface area contributed by atoms with Crippen molar-refractivity contribution in [3.8, 4) is 0 Å². The molecule has 0 aliphatic carbocycles. The van der Waals surface area contributed by atoms with Gasteiger partial charge >= 0.3 is 0 Å². The molecule has 0 spiro atoms. The summed E-state index contributed by atoms with van der Waals surface area (Å²) in [6.07, 6.45) is 5.49. The predicted octanol–water partition coefficient (Wildman–Crippen LogP) is 4.24. The standard InChI is InChI=1S/C25H24N2O2/c1-3-8-20-16-26(24(28)22(20)4-2)14-18-9-7-10-19(13-18)15-27-17-21-11-5-6-12-23(21)25(27)29/h3-13H,1,14-17H2,2H3/b20-8-,22-4+. The zero-order chi connectivity index (χ0) is 20.4. The van der Waals surface area contributed by atoms with Gasteiger partial charge in [0.2, 0.25) is 0 Å². The molecular formula is C25H24N2O2. The number of hydrogen-bond acceptors (Lipinski definition) is 2. The summed E-state index contributed by atoms with van der Waals surface area (Å²) in [4.78, 5) is 29.0. The van der Waals surface area contributed by atoms with Crippen LogP contribution >= 0.6 is 0 Å². The van der Waals surface area contributed by atoms with E-state index in [0.29, 0.717) is 26.2 Å². The van der Waals surface area contributed by atoms with Crippen LogP contribution in [0.4, 0.5) is 0 Å². The lowest BCUT2D eigenvalue weighted by atomic mass is 10.1. The molecule has 2 aromatic carbocycles. The Balaban J connectivity index is 1.48. The summed E-state index contributed by atoms with van der Waals surface area (Å²) >= 11 is 0. The molecule has 4 rings (SSSR count). The third-order valence-corrected chi connectivity index (χ3v) is 5.47. The van der Waals surface area contributed by atoms with Gasteiger partial charge in [0.1, 0.15) is 0 Å². The van der Waals surface area contributed by atoms with Crippen molar-refractivity contribution in [1.29, 1.82) is 0 Å². The number of benzene rings is 2. The van der Waals surface area contributed by atoms with E-state index in [2.05, 4.69) is 12.6 Å². The minimum absolute atomic E-state index is 0.0520. The van der Waals surface area contributed by atoms with Crippen molar-refractivity contribution in [2.24, 2.45) is 0 Å². The van der Waals surface area contributed by atoms with Crippen LogP contribution in [0.2, 0.25) is 0 Å². The normalized spacial score (nSPS) is 18.8. The summed E-state index contributed by atoms with van der Waals surface area (Å²) in [7, 11) is 0. The molecule has 1 saturated heterocycles. The van der Waals surface area contributed by atoms with Gasteiger partial charge in [0, 0.05) is 37.3 Å². The van der Waals surface area contributed by atoms with Crippen molar-refractivity contribution in [3.05, 3.63) is 107 Å². The van der Waals surface area contributed by atoms with E-state index in [0.717, 1.165) is 33.4 Å². The van der Waals surface area contributed by atoms with E-state index in [1.165, 1.54) is 0 Å². The summed E-state index contributed by atoms with van der Waals surface area (Å²) in [5.74, 6) is 0.133. The molecule has 1 fully saturated rings. The summed E-state index contributed by atoms with van der Waals surface area (Å²) < 4.78 is 0. The van der Waals surface area contributed by atoms with Crippen LogP contribution in [0.3, 0.4) is 0 Å². The number of fused-ring (bicyclic) bond motifs is 1. The van der Waals surface area contributed by atoms with Crippen LogP contribution in [0.1, 0.15) is 34.0 Å². The van der Waals surface area contributed by atoms with Crippen molar-refractivity contribution < 1.29 is 9.59 Å². The van der Waals surface area contributed by atoms with Crippen LogP contribution in [0.25, 0.3) is 0 Å². The van der Waals surface area contributed by atoms with E-state index >= 15 is 0 Å². The van der Waals surface area contributed by atoms with Gasteiger partial charge < -0.3 is 9.80 Å². The molecule has 4 heteroatoms. The Labute approximate surface area is 171 Å². The topological polar surface area (TPSA) is 40.6 Å². The maximum atomic E-state index is 12.7. The Bertz CT molecular complexity index is 1050. The van der Waals surface area contributed by atoms with Crippen LogP contribution in [-0.4, -0.2) is 28.2 Å². The van der Waals surface area contributed by atoms with Crippen LogP contribution < -0.4 is 0 Å². The predicted molar refractivity (Wildman–Crippen MR) is 114 cm³/mol. The first-order valence-corrected chi connectivity index (χ1v) is 9.83. The number of hydrogen-bond donors (Lipinski definition) is 0. The van der Waals surface area contributed by atoms with Gasteiger partial charge in [0.15, 0.2) is 0 Å². The van der Waals surface area contributed by atoms with Crippen LogP contribution in [-0.2, 0) is 24.4 Å². The second-order valence-electron chi connectivity index (χ2n) is 7.43. The Morgan fingerprint density at radius 2 is 1.62 bits per heavy atom. The summed E-state index contributed by atoms with van der Waals surface area (Å²) in [5.41, 5.74) is 5.77. The lowest BCUT2D eigenvalue weighted by molar-refractivity contribution is -0.125. The van der Waals surface area contributed by atoms with Crippen molar-refractivity contribution in [2.75, 3.05) is 6.54 Å². The highest BCUT2D eigenvalue weighted by Gasteiger charge is 2.30. The highest BCUT2D eigenvalue weighted by atomic mass is 16.2. The van der Waals surface area contributed by atoms with Crippen molar-refractivity contribution in [3.63, 3.8) is 0 Å². The minimum Gasteiger partial charge on any atom is -0.330 e. The third-order valence-electron chi connectivity index (χ3n) is 5.47. The summed E-state index contributed by atoms with van der Waals surface area (Å²) in [6.45, 7) is 7.98. The zero-order valence-corrected chi connectivity index (χ0v) is 16.6. The van der Waals surface area contributed by atoms with Gasteiger partial charge in [-0.3, -0.25) is 9.59 Å². The van der Waals surface area contributed by atoms with Gasteiger partial charge in [-0.2, -0.15) is 0 Å². The number of nitrogens with zero attached hydrogens (tertiary/aromatic N) is 2. The minimum atomic E-state index is 0.0520. The van der Waals surface area contributed by atoms with E-state index in [1.54, 1.807) is 6.08 Å². The first-order valence-electron chi connectivity index (χ1n) is 9.83. The second kappa shape index (κ2) is 7.92. The average molecular weight is 384 g/mol. The number of allylic oxidation sites excluding steroid dienone is 3. The molecule has 0 radical (unpaired) electrons. The highest BCUT2D eigenvalue weighted by molar-refractivity contribution is 6.01. The lowest BCUT2D eigenvalue weighted by Crippen LogP contribution is -2.25. The van der Waals surface area contributed by atoms with E-state index in [4.69, 9.17) is 0 Å². The summed E-state index contributed by atoms with van der Waals surface area (Å²) in [6, 6.07) is 15.9. The van der Waals surface area contributed by atoms with Crippen molar-refractivity contribution >= 4 is 11.8 Å². The smallest absolute Gasteiger partial charge is 0.254 e. The molecule has 2 aromatic rings. The fraction of sp³-hybridized carbons (Fsp3) is 0.200. The van der Waals surface area contributed by atoms with Crippen LogP contribution in [0.5, 0.6) is 0 Å². The lowest BCUT2D eigenvalue weighted by Gasteiger charge is -2.18. The first kappa shape index (κ1) is 18.9. The van der Waals surface area contributed by atoms with Gasteiger partial charge in [-0.1, -0.05) is 67.3 Å². The van der Waals surface area contributed by atoms with Crippen LogP contribution in [0, 0.1) is 0 Å². The molecular weight excluding hydrogens is 360 g/mol. The molecule has 0 bridgehead atoms. The highest BCUT2D eigenvalue weighted by Crippen LogP contribution is 2.27. The Morgan fingerprint density at radius 1 is 0.931 bits per heavy atom. The molecule has 2 aliphatic heterocycles. The molecule has 0 atom stereocenters. The first-order chi connectivity index (χ1) is 14.1. The van der Waals surface area contributed by atoms with E-state index in [1.807, 2.05) is 71.3 Å². The molecule has 2 aliphatic rings. The number of carbonyl (C=O) groups is 2. The molecule has 2 amide bonds. The fourth-order valence-electron chi connectivity index (χ4n) is 4.10. The van der Waals surface area contributed by atoms with E-state index < -0.39 is 0 Å². The van der Waals surface area contributed by atoms with Gasteiger partial charge in [-0.25, -0.2) is 0 Å². The van der Waals surface area contributed by atoms with Crippen LogP contribution in [0.15, 0.2) is 84.5 Å². The fourth-order valence-corrected chi connectivity index (χ4v) is 4.10. The Kier molecular flexibility index (Phi) is 5.17. The number of carbonyl (C=O) groups excluding carboxylic acids is 2. The molecule has 4 nitrogen and oxygen atoms in total. The summed E-state index contributed by atoms with van der Waals surface area (Å²) in [5, 5.41) is 0. The van der Waals surface area contributed by atoms with Gasteiger partial charge in [-0.15, -0.1) is 0 Å². The van der Waals surface area contributed by atoms with Crippen molar-refractivity contribution in [2.45, 2.75) is 26.6 Å². The number of rotatable bonds is 5. The molecule has 0 saturated carbocycles. The Hall–Kier alpha value is -3.40. The van der Waals surface area contributed by atoms with Gasteiger partial charge in [0.25, 0.3) is 11.8 Å². The average Bonchev–Trinajstić information content (AvgIpc) is 3.19. The molecule has 29 heavy (non-hydrogen) atoms. The number of amides is 2. The largest absolute Gasteiger partial charge is 0.330 e. The second-order valence-corrected chi connectivity index (χ2v) is 7.43. The third kappa shape index (κ3) is 3.66. The molecule has 0 N–H and O–H groups in total. The van der Waals surface area contributed by atoms with E-state index in [9.17, 15) is 9.59 Å². The maximum absolute atomic E-state index is 12.7. The maximum Gasteiger partial charge on any atom is 0.254 e. The SMILES string of the molecule is C=C/C=C1/CN(Cc2cccc(CN3Cc4ccccc4C3=O)c2)C(=O)/C1=C/C. The van der Waals surface area contributed by atoms with Gasteiger partial charge in [0.05, 0.1) is 0 Å². The quantitative estimate of drug-likeness (QED) is 0.724. The number of likely N-dealkylation sites (tertiary alicyclic amines) is 1. The monoisotopic (exact) mass is 384 g/mol. The van der Waals surface area contributed by atoms with Crippen molar-refractivity contribution in [1.82, 2.24) is 9.80 Å². The molecule has 146 valence electrons. The zero-order valence-electron chi connectivity index (χ0n) is 16.6. The van der Waals surface area contributed by atoms with Gasteiger partial charge in [-0.05, 0) is 35.3 Å².